The molecule has 0 amide bonds. The molecule has 1 spiro atoms. The molecule has 4 aliphatic rings. The van der Waals surface area contributed by atoms with Crippen LogP contribution >= 0.6 is 0 Å². The van der Waals surface area contributed by atoms with Gasteiger partial charge in [0.15, 0.2) is 5.41 Å². The molecule has 2 heteroatoms. The van der Waals surface area contributed by atoms with Gasteiger partial charge in [-0.3, -0.25) is 0 Å². The van der Waals surface area contributed by atoms with Crippen LogP contribution in [0.2, 0.25) is 0 Å². The first kappa shape index (κ1) is 28.9. The molecule has 0 N–H and O–H groups in total. The molecule has 49 heavy (non-hydrogen) atoms. The molecular weight excluding hydrogens is 593 g/mol. The highest BCUT2D eigenvalue weighted by molar-refractivity contribution is 5.87. The average Bonchev–Trinajstić information content (AvgIpc) is 3.34. The van der Waals surface area contributed by atoms with Crippen LogP contribution < -0.4 is 9.13 Å². The molecule has 2 nitrogen and oxygen atoms in total. The predicted octanol–water partition coefficient (Wildman–Crippen LogP) is 9.81. The van der Waals surface area contributed by atoms with Crippen molar-refractivity contribution >= 4 is 11.4 Å². The van der Waals surface area contributed by atoms with Crippen molar-refractivity contribution in [2.75, 3.05) is 0 Å². The minimum Gasteiger partial charge on any atom is -0.153 e. The van der Waals surface area contributed by atoms with Crippen LogP contribution in [0.4, 0.5) is 0 Å². The summed E-state index contributed by atoms with van der Waals surface area (Å²) in [7, 11) is 0. The summed E-state index contributed by atoms with van der Waals surface area (Å²) in [6.45, 7) is 13.9. The first-order valence-electron chi connectivity index (χ1n) is 17.9. The summed E-state index contributed by atoms with van der Waals surface area (Å²) in [5, 5.41) is 0. The smallest absolute Gasteiger partial charge is 0.153 e. The Bertz CT molecular complexity index is 2290. The van der Waals surface area contributed by atoms with Gasteiger partial charge in [0, 0.05) is 24.3 Å². The van der Waals surface area contributed by atoms with Crippen molar-refractivity contribution in [2.45, 2.75) is 70.6 Å². The van der Waals surface area contributed by atoms with Gasteiger partial charge in [0.1, 0.15) is 0 Å². The van der Waals surface area contributed by atoms with Gasteiger partial charge in [-0.25, -0.2) is 0 Å². The lowest BCUT2D eigenvalue weighted by molar-refractivity contribution is -0.596. The molecule has 0 unspecified atom stereocenters. The molecule has 0 saturated carbocycles. The van der Waals surface area contributed by atoms with Crippen LogP contribution in [-0.2, 0) is 29.1 Å². The molecule has 5 heterocycles. The van der Waals surface area contributed by atoms with E-state index in [2.05, 4.69) is 172 Å². The van der Waals surface area contributed by atoms with Crippen molar-refractivity contribution in [2.24, 2.45) is 0 Å². The molecule has 10 rings (SSSR count). The lowest BCUT2D eigenvalue weighted by Gasteiger charge is -2.29. The third-order valence-electron chi connectivity index (χ3n) is 11.8. The van der Waals surface area contributed by atoms with Gasteiger partial charge in [-0.1, -0.05) is 114 Å². The van der Waals surface area contributed by atoms with E-state index in [0.29, 0.717) is 0 Å². The molecule has 0 bridgehead atoms. The fourth-order valence-corrected chi connectivity index (χ4v) is 9.38. The third kappa shape index (κ3) is 3.72. The topological polar surface area (TPSA) is 7.76 Å². The van der Waals surface area contributed by atoms with E-state index in [9.17, 15) is 0 Å². The van der Waals surface area contributed by atoms with Gasteiger partial charge in [-0.2, -0.15) is 9.13 Å². The Morgan fingerprint density at radius 1 is 0.449 bits per heavy atom. The van der Waals surface area contributed by atoms with Gasteiger partial charge in [0.05, 0.1) is 24.0 Å². The molecule has 238 valence electrons. The van der Waals surface area contributed by atoms with Gasteiger partial charge < -0.3 is 0 Å². The molecule has 4 aromatic carbocycles. The molecule has 2 aromatic heterocycles. The zero-order valence-corrected chi connectivity index (χ0v) is 29.4. The molecule has 0 saturated heterocycles. The monoisotopic (exact) mass is 634 g/mol. The first-order valence-corrected chi connectivity index (χ1v) is 17.9. The molecule has 1 aliphatic carbocycles. The first-order chi connectivity index (χ1) is 23.6. The summed E-state index contributed by atoms with van der Waals surface area (Å²) in [5.74, 6) is 0. The number of pyridine rings is 2. The fourth-order valence-electron chi connectivity index (χ4n) is 9.38. The molecule has 0 radical (unpaired) electrons. The Hall–Kier alpha value is -5.08. The molecule has 3 aliphatic heterocycles. The van der Waals surface area contributed by atoms with Gasteiger partial charge >= 0.3 is 0 Å². The van der Waals surface area contributed by atoms with E-state index in [1.54, 1.807) is 0 Å². The molecular formula is C47H42N2+2. The minimum atomic E-state index is -0.509. The second-order valence-electron chi connectivity index (χ2n) is 16.6. The SMILES string of the molecule is CC(C)(C)c1ccc2c(c1)-c1cccc3[n+]1C(=C1Cc4ccc(C(C)(C)C)cc4-c4cccc([n+]41)C31c3ccccc3-c3ccccc31)C2. The normalized spacial score (nSPS) is 15.9. The predicted molar refractivity (Wildman–Crippen MR) is 199 cm³/mol. The number of nitrogens with zero attached hydrogens (tertiary/aromatic N) is 2. The van der Waals surface area contributed by atoms with E-state index < -0.39 is 5.41 Å². The highest BCUT2D eigenvalue weighted by Gasteiger charge is 2.61. The lowest BCUT2D eigenvalue weighted by atomic mass is 9.71. The maximum absolute atomic E-state index is 2.69. The Kier molecular flexibility index (Phi) is 5.62. The number of allylic oxidation sites excluding steroid dienone is 2. The van der Waals surface area contributed by atoms with Crippen LogP contribution in [0.3, 0.4) is 0 Å². The van der Waals surface area contributed by atoms with E-state index in [4.69, 9.17) is 0 Å². The fraction of sp³-hybridized carbons (Fsp3) is 0.234. The van der Waals surface area contributed by atoms with E-state index >= 15 is 0 Å². The molecule has 0 atom stereocenters. The van der Waals surface area contributed by atoms with Gasteiger partial charge in [-0.05, 0) is 79.6 Å². The summed E-state index contributed by atoms with van der Waals surface area (Å²) in [5.41, 5.74) is 21.3. The van der Waals surface area contributed by atoms with Gasteiger partial charge in [0.2, 0.25) is 22.8 Å². The second kappa shape index (κ2) is 9.54. The zero-order chi connectivity index (χ0) is 33.4. The van der Waals surface area contributed by atoms with Crippen LogP contribution in [0, 0.1) is 0 Å². The summed E-state index contributed by atoms with van der Waals surface area (Å²) >= 11 is 0. The number of benzene rings is 4. The largest absolute Gasteiger partial charge is 0.260 e. The van der Waals surface area contributed by atoms with Crippen molar-refractivity contribution in [3.63, 3.8) is 0 Å². The van der Waals surface area contributed by atoms with E-state index in [-0.39, 0.29) is 10.8 Å². The standard InChI is InChI=1S/C47H42N2/c1-45(2,3)31-23-21-29-25-41-42-26-30-22-24-32(46(4,5)6)28-36(30)40-18-12-20-44(49(40)42)47(43-19-11-17-39(48(41)43)35(29)27-31)37-15-9-7-13-33(37)34-14-8-10-16-38(34)47/h7-24,27-28H,25-26H2,1-6H3/q+2. The molecule has 6 aromatic rings. The third-order valence-corrected chi connectivity index (χ3v) is 11.8. The van der Waals surface area contributed by atoms with E-state index in [0.717, 1.165) is 12.8 Å². The van der Waals surface area contributed by atoms with E-state index in [1.165, 1.54) is 89.8 Å². The number of hydrogen-bond acceptors (Lipinski definition) is 0. The van der Waals surface area contributed by atoms with Crippen molar-refractivity contribution < 1.29 is 9.13 Å². The zero-order valence-electron chi connectivity index (χ0n) is 29.4. The number of rotatable bonds is 0. The van der Waals surface area contributed by atoms with Crippen LogP contribution in [-0.4, -0.2) is 0 Å². The number of hydrogen-bond donors (Lipinski definition) is 0. The summed E-state index contributed by atoms with van der Waals surface area (Å²) in [6, 6.07) is 47.0. The summed E-state index contributed by atoms with van der Waals surface area (Å²) in [4.78, 5) is 0. The van der Waals surface area contributed by atoms with Crippen LogP contribution in [0.15, 0.2) is 121 Å². The minimum absolute atomic E-state index is 0.0642. The van der Waals surface area contributed by atoms with Gasteiger partial charge in [0.25, 0.3) is 11.4 Å². The van der Waals surface area contributed by atoms with Crippen LogP contribution in [0.5, 0.6) is 0 Å². The second-order valence-corrected chi connectivity index (χ2v) is 16.6. The number of aromatic nitrogens is 2. The lowest BCUT2D eigenvalue weighted by Crippen LogP contribution is -2.50. The Morgan fingerprint density at radius 2 is 0.878 bits per heavy atom. The van der Waals surface area contributed by atoms with Crippen molar-refractivity contribution in [3.05, 3.63) is 166 Å². The highest BCUT2D eigenvalue weighted by atomic mass is 15.1. The van der Waals surface area contributed by atoms with Crippen molar-refractivity contribution in [1.82, 2.24) is 0 Å². The van der Waals surface area contributed by atoms with E-state index in [1.807, 2.05) is 0 Å². The van der Waals surface area contributed by atoms with Crippen LogP contribution in [0.1, 0.15) is 86.3 Å². The van der Waals surface area contributed by atoms with Crippen LogP contribution in [0.25, 0.3) is 45.0 Å². The average molecular weight is 635 g/mol. The number of fused-ring (bicyclic) bond motifs is 11. The van der Waals surface area contributed by atoms with Gasteiger partial charge in [-0.15, -0.1) is 0 Å². The Labute approximate surface area is 290 Å². The maximum atomic E-state index is 2.69. The quantitative estimate of drug-likeness (QED) is 0.147. The van der Waals surface area contributed by atoms with Crippen molar-refractivity contribution in [1.29, 1.82) is 0 Å². The maximum Gasteiger partial charge on any atom is 0.260 e. The summed E-state index contributed by atoms with van der Waals surface area (Å²) in [6.07, 6.45) is 1.78. The molecule has 0 fully saturated rings. The summed E-state index contributed by atoms with van der Waals surface area (Å²) < 4.78 is 5.38. The van der Waals surface area contributed by atoms with Crippen molar-refractivity contribution in [3.8, 4) is 33.6 Å². The highest BCUT2D eigenvalue weighted by Crippen LogP contribution is 2.56. The Morgan fingerprint density at radius 3 is 1.31 bits per heavy atom. The Balaban J connectivity index is 1.40.